The third-order valence-corrected chi connectivity index (χ3v) is 4.69. The molecular formula is C16H20BClN2O2. The molecule has 3 rings (SSSR count). The summed E-state index contributed by atoms with van der Waals surface area (Å²) in [5, 5.41) is 5.14. The molecule has 1 aromatic heterocycles. The molecule has 0 bridgehead atoms. The van der Waals surface area contributed by atoms with Gasteiger partial charge in [0.2, 0.25) is 0 Å². The van der Waals surface area contributed by atoms with Crippen molar-refractivity contribution in [1.29, 1.82) is 0 Å². The predicted molar refractivity (Wildman–Crippen MR) is 88.5 cm³/mol. The third kappa shape index (κ3) is 2.93. The first kappa shape index (κ1) is 15.6. The van der Waals surface area contributed by atoms with E-state index in [-0.39, 0.29) is 18.3 Å². The Labute approximate surface area is 136 Å². The minimum Gasteiger partial charge on any atom is -0.399 e. The van der Waals surface area contributed by atoms with Gasteiger partial charge < -0.3 is 9.31 Å². The van der Waals surface area contributed by atoms with Gasteiger partial charge in [-0.05, 0) is 45.4 Å². The summed E-state index contributed by atoms with van der Waals surface area (Å²) >= 11 is 5.90. The van der Waals surface area contributed by atoms with Gasteiger partial charge in [0.15, 0.2) is 0 Å². The lowest BCUT2D eigenvalue weighted by molar-refractivity contribution is 0.00578. The van der Waals surface area contributed by atoms with E-state index >= 15 is 0 Å². The third-order valence-electron chi connectivity index (χ3n) is 4.44. The summed E-state index contributed by atoms with van der Waals surface area (Å²) in [5.41, 5.74) is 1.41. The van der Waals surface area contributed by atoms with Crippen LogP contribution in [0.2, 0.25) is 5.02 Å². The predicted octanol–water partition coefficient (Wildman–Crippen LogP) is 2.88. The second kappa shape index (κ2) is 5.41. The Kier molecular flexibility index (Phi) is 3.83. The van der Waals surface area contributed by atoms with Crippen molar-refractivity contribution < 1.29 is 9.31 Å². The summed E-state index contributed by atoms with van der Waals surface area (Å²) in [4.78, 5) is 0. The zero-order valence-corrected chi connectivity index (χ0v) is 14.1. The topological polar surface area (TPSA) is 36.3 Å². The van der Waals surface area contributed by atoms with Crippen LogP contribution in [0.15, 0.2) is 36.7 Å². The highest BCUT2D eigenvalue weighted by Gasteiger charge is 2.52. The van der Waals surface area contributed by atoms with Gasteiger partial charge >= 0.3 is 7.12 Å². The summed E-state index contributed by atoms with van der Waals surface area (Å²) in [5.74, 6) is 0. The van der Waals surface area contributed by atoms with Crippen LogP contribution >= 0.6 is 11.6 Å². The van der Waals surface area contributed by atoms with Crippen LogP contribution in [-0.2, 0) is 15.9 Å². The maximum atomic E-state index is 6.04. The molecule has 1 fully saturated rings. The Balaban J connectivity index is 1.73. The quantitative estimate of drug-likeness (QED) is 0.817. The molecule has 1 aliphatic heterocycles. The number of hydrogen-bond acceptors (Lipinski definition) is 3. The standard InChI is InChI=1S/C16H20BClN2O2/c1-15(2)16(3,4)22-17(21-15)13-9-19-20(11-13)10-12-5-7-14(18)8-6-12/h5-9,11H,10H2,1-4H3. The van der Waals surface area contributed by atoms with Crippen molar-refractivity contribution in [2.24, 2.45) is 0 Å². The van der Waals surface area contributed by atoms with Crippen LogP contribution in [0.25, 0.3) is 0 Å². The van der Waals surface area contributed by atoms with E-state index in [9.17, 15) is 0 Å². The van der Waals surface area contributed by atoms with E-state index in [1.165, 1.54) is 0 Å². The van der Waals surface area contributed by atoms with Crippen molar-refractivity contribution in [1.82, 2.24) is 9.78 Å². The number of hydrogen-bond donors (Lipinski definition) is 0. The Morgan fingerprint density at radius 1 is 1.09 bits per heavy atom. The molecule has 116 valence electrons. The van der Waals surface area contributed by atoms with Crippen LogP contribution in [0.1, 0.15) is 33.3 Å². The fraction of sp³-hybridized carbons (Fsp3) is 0.438. The highest BCUT2D eigenvalue weighted by molar-refractivity contribution is 6.62. The lowest BCUT2D eigenvalue weighted by Gasteiger charge is -2.32. The molecule has 0 spiro atoms. The van der Waals surface area contributed by atoms with Crippen LogP contribution < -0.4 is 5.46 Å². The normalized spacial score (nSPS) is 19.6. The van der Waals surface area contributed by atoms with Gasteiger partial charge in [-0.1, -0.05) is 23.7 Å². The van der Waals surface area contributed by atoms with Gasteiger partial charge in [-0.15, -0.1) is 0 Å². The average Bonchev–Trinajstić information content (AvgIpc) is 2.96. The zero-order valence-electron chi connectivity index (χ0n) is 13.3. The monoisotopic (exact) mass is 318 g/mol. The molecule has 0 atom stereocenters. The highest BCUT2D eigenvalue weighted by atomic mass is 35.5. The fourth-order valence-corrected chi connectivity index (χ4v) is 2.47. The number of nitrogens with zero attached hydrogens (tertiary/aromatic N) is 2. The lowest BCUT2D eigenvalue weighted by atomic mass is 9.82. The maximum Gasteiger partial charge on any atom is 0.498 e. The number of halogens is 1. The van der Waals surface area contributed by atoms with Crippen LogP contribution in [0, 0.1) is 0 Å². The van der Waals surface area contributed by atoms with Crippen LogP contribution in [0.4, 0.5) is 0 Å². The molecule has 2 aromatic rings. The summed E-state index contributed by atoms with van der Waals surface area (Å²) in [7, 11) is -0.371. The minimum absolute atomic E-state index is 0.337. The van der Waals surface area contributed by atoms with Crippen molar-refractivity contribution in [2.45, 2.75) is 45.4 Å². The van der Waals surface area contributed by atoms with E-state index in [1.807, 2.05) is 62.8 Å². The van der Waals surface area contributed by atoms with Crippen molar-refractivity contribution in [3.8, 4) is 0 Å². The van der Waals surface area contributed by atoms with Gasteiger partial charge in [0.25, 0.3) is 0 Å². The molecule has 6 heteroatoms. The average molecular weight is 319 g/mol. The van der Waals surface area contributed by atoms with E-state index in [4.69, 9.17) is 20.9 Å². The van der Waals surface area contributed by atoms with Gasteiger partial charge in [0.05, 0.1) is 17.7 Å². The number of aromatic nitrogens is 2. The fourth-order valence-electron chi connectivity index (χ4n) is 2.34. The summed E-state index contributed by atoms with van der Waals surface area (Å²) in [6.07, 6.45) is 3.77. The molecule has 0 aliphatic carbocycles. The molecule has 1 saturated heterocycles. The first-order valence-corrected chi connectivity index (χ1v) is 7.77. The highest BCUT2D eigenvalue weighted by Crippen LogP contribution is 2.36. The second-order valence-corrected chi connectivity index (χ2v) is 7.12. The Hall–Kier alpha value is -1.30. The molecule has 0 saturated carbocycles. The van der Waals surface area contributed by atoms with Crippen molar-refractivity contribution in [3.63, 3.8) is 0 Å². The van der Waals surface area contributed by atoms with E-state index in [0.717, 1.165) is 16.0 Å². The van der Waals surface area contributed by atoms with Gasteiger partial charge in [0, 0.05) is 22.9 Å². The lowest BCUT2D eigenvalue weighted by Crippen LogP contribution is -2.41. The molecule has 4 nitrogen and oxygen atoms in total. The molecule has 0 amide bonds. The van der Waals surface area contributed by atoms with Crippen LogP contribution in [0.3, 0.4) is 0 Å². The smallest absolute Gasteiger partial charge is 0.399 e. The molecule has 1 aromatic carbocycles. The molecular weight excluding hydrogens is 298 g/mol. The number of rotatable bonds is 3. The number of benzene rings is 1. The zero-order chi connectivity index (χ0) is 16.0. The molecule has 22 heavy (non-hydrogen) atoms. The molecule has 0 unspecified atom stereocenters. The maximum absolute atomic E-state index is 6.04. The van der Waals surface area contributed by atoms with Gasteiger partial charge in [-0.2, -0.15) is 5.10 Å². The first-order valence-electron chi connectivity index (χ1n) is 7.39. The molecule has 1 aliphatic rings. The van der Waals surface area contributed by atoms with Crippen LogP contribution in [-0.4, -0.2) is 28.1 Å². The molecule has 0 N–H and O–H groups in total. The summed E-state index contributed by atoms with van der Waals surface area (Å²) < 4.78 is 14.0. The van der Waals surface area contributed by atoms with Gasteiger partial charge in [-0.3, -0.25) is 4.68 Å². The van der Waals surface area contributed by atoms with Crippen molar-refractivity contribution in [2.75, 3.05) is 0 Å². The first-order chi connectivity index (χ1) is 10.3. The molecule has 2 heterocycles. The van der Waals surface area contributed by atoms with E-state index in [1.54, 1.807) is 6.20 Å². The Bertz CT molecular complexity index is 651. The summed E-state index contributed by atoms with van der Waals surface area (Å²) in [6.45, 7) is 8.88. The van der Waals surface area contributed by atoms with Crippen LogP contribution in [0.5, 0.6) is 0 Å². The largest absolute Gasteiger partial charge is 0.498 e. The van der Waals surface area contributed by atoms with E-state index < -0.39 is 0 Å². The Morgan fingerprint density at radius 3 is 2.27 bits per heavy atom. The second-order valence-electron chi connectivity index (χ2n) is 6.69. The Morgan fingerprint density at radius 2 is 1.68 bits per heavy atom. The van der Waals surface area contributed by atoms with Gasteiger partial charge in [0.1, 0.15) is 0 Å². The summed E-state index contributed by atoms with van der Waals surface area (Å²) in [6, 6.07) is 7.77. The van der Waals surface area contributed by atoms with Crippen molar-refractivity contribution >= 4 is 24.2 Å². The minimum atomic E-state index is -0.371. The molecule has 0 radical (unpaired) electrons. The van der Waals surface area contributed by atoms with E-state index in [0.29, 0.717) is 6.54 Å². The van der Waals surface area contributed by atoms with E-state index in [2.05, 4.69) is 5.10 Å². The van der Waals surface area contributed by atoms with Crippen molar-refractivity contribution in [3.05, 3.63) is 47.2 Å². The van der Waals surface area contributed by atoms with Gasteiger partial charge in [-0.25, -0.2) is 0 Å². The SMILES string of the molecule is CC1(C)OB(c2cnn(Cc3ccc(Cl)cc3)c2)OC1(C)C.